The van der Waals surface area contributed by atoms with Crippen LogP contribution in [-0.4, -0.2) is 49.9 Å². The Morgan fingerprint density at radius 1 is 1.28 bits per heavy atom. The molecule has 0 saturated carbocycles. The highest BCUT2D eigenvalue weighted by Gasteiger charge is 2.33. The van der Waals surface area contributed by atoms with Crippen LogP contribution >= 0.6 is 0 Å². The van der Waals surface area contributed by atoms with E-state index in [9.17, 15) is 19.1 Å². The van der Waals surface area contributed by atoms with Crippen LogP contribution in [-0.2, 0) is 11.2 Å². The molecule has 29 heavy (non-hydrogen) atoms. The molecule has 1 aliphatic rings. The second kappa shape index (κ2) is 7.98. The number of amides is 1. The Morgan fingerprint density at radius 3 is 2.90 bits per heavy atom. The molecule has 8 heteroatoms. The predicted octanol–water partition coefficient (Wildman–Crippen LogP) is 2.89. The molecule has 150 valence electrons. The average molecular weight is 396 g/mol. The normalized spacial score (nSPS) is 19.4. The zero-order valence-corrected chi connectivity index (χ0v) is 15.7. The van der Waals surface area contributed by atoms with Gasteiger partial charge in [0, 0.05) is 37.7 Å². The standard InChI is InChI=1S/C21H21FN4O3/c22-16-3-1-2-14(8-16)21(29)26-7-5-13(10-20(27)28)15(12-26)9-19-24-17-4-6-23-11-18(17)25-19/h1-4,6,8,11,13,15H,5,7,9-10,12H2,(H,24,25)(H,27,28)/t13-,15-/m0/s1. The number of benzene rings is 1. The highest BCUT2D eigenvalue weighted by atomic mass is 19.1. The number of pyridine rings is 1. The number of carbonyl (C=O) groups excluding carboxylic acids is 1. The van der Waals surface area contributed by atoms with Gasteiger partial charge < -0.3 is 15.0 Å². The second-order valence-electron chi connectivity index (χ2n) is 7.45. The molecule has 1 fully saturated rings. The average Bonchev–Trinajstić information content (AvgIpc) is 3.11. The van der Waals surface area contributed by atoms with Crippen LogP contribution in [0.25, 0.3) is 11.0 Å². The van der Waals surface area contributed by atoms with Crippen molar-refractivity contribution in [1.82, 2.24) is 19.9 Å². The van der Waals surface area contributed by atoms with E-state index in [-0.39, 0.29) is 24.2 Å². The van der Waals surface area contributed by atoms with Gasteiger partial charge in [-0.3, -0.25) is 14.6 Å². The number of aliphatic carboxylic acids is 1. The van der Waals surface area contributed by atoms with Gasteiger partial charge in [-0.1, -0.05) is 6.07 Å². The summed E-state index contributed by atoms with van der Waals surface area (Å²) in [7, 11) is 0. The third-order valence-electron chi connectivity index (χ3n) is 5.47. The van der Waals surface area contributed by atoms with Crippen LogP contribution in [0.5, 0.6) is 0 Å². The van der Waals surface area contributed by atoms with Crippen molar-refractivity contribution in [2.75, 3.05) is 13.1 Å². The lowest BCUT2D eigenvalue weighted by molar-refractivity contribution is -0.139. The lowest BCUT2D eigenvalue weighted by Gasteiger charge is -2.38. The minimum absolute atomic E-state index is 0.0500. The Balaban J connectivity index is 1.55. The van der Waals surface area contributed by atoms with Crippen LogP contribution in [0, 0.1) is 17.7 Å². The zero-order chi connectivity index (χ0) is 20.4. The number of piperidine rings is 1. The molecule has 0 radical (unpaired) electrons. The molecule has 3 heterocycles. The van der Waals surface area contributed by atoms with Gasteiger partial charge in [-0.2, -0.15) is 0 Å². The van der Waals surface area contributed by atoms with Crippen molar-refractivity contribution in [3.63, 3.8) is 0 Å². The van der Waals surface area contributed by atoms with E-state index >= 15 is 0 Å². The Labute approximate surface area is 166 Å². The molecular formula is C21H21FN4O3. The molecule has 1 aromatic carbocycles. The fourth-order valence-corrected chi connectivity index (χ4v) is 4.05. The van der Waals surface area contributed by atoms with Crippen molar-refractivity contribution in [1.29, 1.82) is 0 Å². The first-order valence-electron chi connectivity index (χ1n) is 9.55. The Morgan fingerprint density at radius 2 is 2.14 bits per heavy atom. The Kier molecular flexibility index (Phi) is 5.24. The third-order valence-corrected chi connectivity index (χ3v) is 5.47. The molecule has 2 aromatic heterocycles. The van der Waals surface area contributed by atoms with Gasteiger partial charge in [0.05, 0.1) is 17.2 Å². The summed E-state index contributed by atoms with van der Waals surface area (Å²) in [5, 5.41) is 9.29. The summed E-state index contributed by atoms with van der Waals surface area (Å²) in [6, 6.07) is 7.45. The van der Waals surface area contributed by atoms with Gasteiger partial charge in [0.25, 0.3) is 5.91 Å². The maximum atomic E-state index is 13.5. The first kappa shape index (κ1) is 19.0. The monoisotopic (exact) mass is 396 g/mol. The molecule has 3 aromatic rings. The summed E-state index contributed by atoms with van der Waals surface area (Å²) in [6.07, 6.45) is 4.52. The van der Waals surface area contributed by atoms with Crippen molar-refractivity contribution in [2.45, 2.75) is 19.3 Å². The van der Waals surface area contributed by atoms with Crippen LogP contribution < -0.4 is 0 Å². The van der Waals surface area contributed by atoms with E-state index in [1.807, 2.05) is 6.07 Å². The van der Waals surface area contributed by atoms with E-state index in [0.717, 1.165) is 16.9 Å². The summed E-state index contributed by atoms with van der Waals surface area (Å²) in [4.78, 5) is 37.7. The minimum Gasteiger partial charge on any atom is -0.481 e. The van der Waals surface area contributed by atoms with E-state index in [2.05, 4.69) is 15.0 Å². The van der Waals surface area contributed by atoms with Gasteiger partial charge >= 0.3 is 5.97 Å². The fraction of sp³-hybridized carbons (Fsp3) is 0.333. The summed E-state index contributed by atoms with van der Waals surface area (Å²) < 4.78 is 13.5. The Bertz CT molecular complexity index is 1020. The van der Waals surface area contributed by atoms with Crippen LogP contribution in [0.4, 0.5) is 4.39 Å². The van der Waals surface area contributed by atoms with E-state index in [0.29, 0.717) is 31.5 Å². The number of hydrogen-bond acceptors (Lipinski definition) is 4. The zero-order valence-electron chi connectivity index (χ0n) is 15.7. The smallest absolute Gasteiger partial charge is 0.303 e. The van der Waals surface area contributed by atoms with Crippen molar-refractivity contribution in [2.24, 2.45) is 11.8 Å². The predicted molar refractivity (Wildman–Crippen MR) is 104 cm³/mol. The number of nitrogens with zero attached hydrogens (tertiary/aromatic N) is 3. The molecule has 0 spiro atoms. The maximum Gasteiger partial charge on any atom is 0.303 e. The molecule has 0 bridgehead atoms. The highest BCUT2D eigenvalue weighted by Crippen LogP contribution is 2.30. The maximum absolute atomic E-state index is 13.5. The van der Waals surface area contributed by atoms with E-state index in [4.69, 9.17) is 0 Å². The Hall–Kier alpha value is -3.29. The number of imidazole rings is 1. The summed E-state index contributed by atoms with van der Waals surface area (Å²) >= 11 is 0. The van der Waals surface area contributed by atoms with Crippen LogP contribution in [0.15, 0.2) is 42.7 Å². The number of nitrogens with one attached hydrogen (secondary N) is 1. The summed E-state index contributed by atoms with van der Waals surface area (Å²) in [6.45, 7) is 0.858. The molecule has 0 aliphatic carbocycles. The number of H-pyrrole nitrogens is 1. The first-order chi connectivity index (χ1) is 14.0. The molecular weight excluding hydrogens is 375 g/mol. The molecule has 1 aliphatic heterocycles. The number of hydrogen-bond donors (Lipinski definition) is 2. The van der Waals surface area contributed by atoms with E-state index < -0.39 is 11.8 Å². The van der Waals surface area contributed by atoms with E-state index in [1.165, 1.54) is 18.2 Å². The number of carboxylic acids is 1. The van der Waals surface area contributed by atoms with Crippen molar-refractivity contribution in [3.05, 3.63) is 59.9 Å². The largest absolute Gasteiger partial charge is 0.481 e. The number of carboxylic acid groups (broad SMARTS) is 1. The summed E-state index contributed by atoms with van der Waals surface area (Å²) in [5.41, 5.74) is 1.92. The SMILES string of the molecule is O=C(O)C[C@@H]1CCN(C(=O)c2cccc(F)c2)C[C@@H]1Cc1nc2ccncc2[nH]1. The van der Waals surface area contributed by atoms with Crippen molar-refractivity contribution < 1.29 is 19.1 Å². The quantitative estimate of drug-likeness (QED) is 0.691. The number of rotatable bonds is 5. The third kappa shape index (κ3) is 4.26. The van der Waals surface area contributed by atoms with Gasteiger partial charge in [-0.15, -0.1) is 0 Å². The molecule has 2 N–H and O–H groups in total. The lowest BCUT2D eigenvalue weighted by Crippen LogP contribution is -2.45. The van der Waals surface area contributed by atoms with E-state index in [1.54, 1.807) is 23.4 Å². The number of fused-ring (bicyclic) bond motifs is 1. The second-order valence-corrected chi connectivity index (χ2v) is 7.45. The van der Waals surface area contributed by atoms with Gasteiger partial charge in [0.2, 0.25) is 0 Å². The van der Waals surface area contributed by atoms with Crippen LogP contribution in [0.2, 0.25) is 0 Å². The lowest BCUT2D eigenvalue weighted by atomic mass is 9.81. The first-order valence-corrected chi connectivity index (χ1v) is 9.55. The van der Waals surface area contributed by atoms with Gasteiger partial charge in [0.15, 0.2) is 0 Å². The fourth-order valence-electron chi connectivity index (χ4n) is 4.05. The topological polar surface area (TPSA) is 99.2 Å². The molecule has 2 atom stereocenters. The summed E-state index contributed by atoms with van der Waals surface area (Å²) in [5.74, 6) is -0.922. The highest BCUT2D eigenvalue weighted by molar-refractivity contribution is 5.94. The van der Waals surface area contributed by atoms with Gasteiger partial charge in [-0.25, -0.2) is 9.37 Å². The molecule has 7 nitrogen and oxygen atoms in total. The number of halogens is 1. The van der Waals surface area contributed by atoms with Crippen molar-refractivity contribution in [3.8, 4) is 0 Å². The van der Waals surface area contributed by atoms with Crippen molar-refractivity contribution >= 4 is 22.9 Å². The van der Waals surface area contributed by atoms with Crippen LogP contribution in [0.3, 0.4) is 0 Å². The van der Waals surface area contributed by atoms with Crippen LogP contribution in [0.1, 0.15) is 29.0 Å². The van der Waals surface area contributed by atoms with Gasteiger partial charge in [-0.05, 0) is 42.5 Å². The number of aromatic amines is 1. The molecule has 1 saturated heterocycles. The minimum atomic E-state index is -0.848. The number of likely N-dealkylation sites (tertiary alicyclic amines) is 1. The van der Waals surface area contributed by atoms with Gasteiger partial charge in [0.1, 0.15) is 11.6 Å². The number of carbonyl (C=O) groups is 2. The molecule has 1 amide bonds. The molecule has 4 rings (SSSR count). The number of aromatic nitrogens is 3. The molecule has 0 unspecified atom stereocenters.